The molecular formula is C16H25NO3S. The molecule has 1 saturated carbocycles. The summed E-state index contributed by atoms with van der Waals surface area (Å²) < 4.78 is 26.1. The third-order valence-electron chi connectivity index (χ3n) is 4.52. The first kappa shape index (κ1) is 16.5. The first-order valence-electron chi connectivity index (χ1n) is 7.65. The van der Waals surface area contributed by atoms with Gasteiger partial charge in [-0.3, -0.25) is 0 Å². The van der Waals surface area contributed by atoms with Gasteiger partial charge in [-0.05, 0) is 43.4 Å². The lowest BCUT2D eigenvalue weighted by Gasteiger charge is -2.24. The predicted octanol–water partition coefficient (Wildman–Crippen LogP) is 2.74. The smallest absolute Gasteiger partial charge is 0.243 e. The lowest BCUT2D eigenvalue weighted by atomic mass is 9.84. The Labute approximate surface area is 127 Å². The van der Waals surface area contributed by atoms with Gasteiger partial charge < -0.3 is 5.11 Å². The minimum Gasteiger partial charge on any atom is -0.395 e. The number of aliphatic hydroxyl groups excluding tert-OH is 1. The summed E-state index contributed by atoms with van der Waals surface area (Å²) in [4.78, 5) is 0.296. The molecule has 0 radical (unpaired) electrons. The molecule has 0 spiro atoms. The van der Waals surface area contributed by atoms with Gasteiger partial charge in [0.25, 0.3) is 0 Å². The van der Waals surface area contributed by atoms with E-state index in [1.54, 1.807) is 19.1 Å². The predicted molar refractivity (Wildman–Crippen MR) is 83.8 cm³/mol. The Morgan fingerprint density at radius 1 is 1.19 bits per heavy atom. The second-order valence-corrected chi connectivity index (χ2v) is 7.95. The molecule has 0 aromatic heterocycles. The molecule has 0 heterocycles. The van der Waals surface area contributed by atoms with E-state index in [-0.39, 0.29) is 6.61 Å². The Balaban J connectivity index is 2.17. The topological polar surface area (TPSA) is 57.6 Å². The molecule has 2 rings (SSSR count). The van der Waals surface area contributed by atoms with Gasteiger partial charge >= 0.3 is 0 Å². The van der Waals surface area contributed by atoms with E-state index in [2.05, 4.69) is 0 Å². The van der Waals surface area contributed by atoms with Crippen molar-refractivity contribution < 1.29 is 13.5 Å². The van der Waals surface area contributed by atoms with Gasteiger partial charge in [0, 0.05) is 13.1 Å². The van der Waals surface area contributed by atoms with Gasteiger partial charge in [-0.25, -0.2) is 8.42 Å². The van der Waals surface area contributed by atoms with Crippen molar-refractivity contribution in [1.82, 2.24) is 4.31 Å². The fourth-order valence-electron chi connectivity index (χ4n) is 2.87. The summed E-state index contributed by atoms with van der Waals surface area (Å²) in [7, 11) is -2.02. The van der Waals surface area contributed by atoms with Crippen LogP contribution in [0.1, 0.15) is 50.5 Å². The maximum Gasteiger partial charge on any atom is 0.243 e. The van der Waals surface area contributed by atoms with Crippen LogP contribution in [0.2, 0.25) is 0 Å². The molecule has 1 aliphatic carbocycles. The lowest BCUT2D eigenvalue weighted by molar-refractivity contribution is 0.214. The molecule has 4 nitrogen and oxygen atoms in total. The van der Waals surface area contributed by atoms with Gasteiger partial charge in [-0.15, -0.1) is 0 Å². The van der Waals surface area contributed by atoms with E-state index in [1.165, 1.54) is 49.0 Å². The van der Waals surface area contributed by atoms with E-state index in [0.29, 0.717) is 10.8 Å². The third-order valence-corrected chi connectivity index (χ3v) is 6.50. The molecule has 0 amide bonds. The molecule has 1 fully saturated rings. The molecule has 1 aromatic rings. The number of benzene rings is 1. The van der Waals surface area contributed by atoms with Crippen LogP contribution in [0.25, 0.3) is 0 Å². The van der Waals surface area contributed by atoms with Crippen molar-refractivity contribution in [2.24, 2.45) is 0 Å². The summed E-state index contributed by atoms with van der Waals surface area (Å²) >= 11 is 0. The van der Waals surface area contributed by atoms with Crippen LogP contribution in [0.4, 0.5) is 0 Å². The number of aliphatic hydroxyl groups is 1. The third kappa shape index (κ3) is 3.65. The Bertz CT molecular complexity index is 547. The molecule has 1 aliphatic rings. The summed E-state index contributed by atoms with van der Waals surface area (Å²) in [5.74, 6) is 0.574. The second-order valence-electron chi connectivity index (χ2n) is 5.96. The molecule has 1 atom stereocenters. The fraction of sp³-hybridized carbons (Fsp3) is 0.625. The lowest BCUT2D eigenvalue weighted by Crippen LogP contribution is -2.37. The number of sulfonamides is 1. The maximum absolute atomic E-state index is 12.4. The van der Waals surface area contributed by atoms with Crippen LogP contribution in [0.5, 0.6) is 0 Å². The molecular weight excluding hydrogens is 286 g/mol. The highest BCUT2D eigenvalue weighted by molar-refractivity contribution is 7.89. The molecule has 118 valence electrons. The normalized spacial score (nSPS) is 18.9. The summed E-state index contributed by atoms with van der Waals surface area (Å²) in [5.41, 5.74) is 1.24. The fourth-order valence-corrected chi connectivity index (χ4v) is 4.22. The quantitative estimate of drug-likeness (QED) is 0.909. The zero-order valence-electron chi connectivity index (χ0n) is 12.8. The molecule has 1 unspecified atom stereocenters. The van der Waals surface area contributed by atoms with Crippen molar-refractivity contribution in [1.29, 1.82) is 0 Å². The number of likely N-dealkylation sites (N-methyl/N-ethyl adjacent to an activating group) is 1. The monoisotopic (exact) mass is 311 g/mol. The first-order valence-corrected chi connectivity index (χ1v) is 9.09. The molecule has 1 N–H and O–H groups in total. The van der Waals surface area contributed by atoms with Crippen molar-refractivity contribution in [3.8, 4) is 0 Å². The van der Waals surface area contributed by atoms with E-state index < -0.39 is 16.1 Å². The van der Waals surface area contributed by atoms with Crippen LogP contribution in [0.15, 0.2) is 29.2 Å². The van der Waals surface area contributed by atoms with Crippen molar-refractivity contribution in [3.05, 3.63) is 29.8 Å². The van der Waals surface area contributed by atoms with Crippen LogP contribution < -0.4 is 0 Å². The zero-order chi connectivity index (χ0) is 15.5. The first-order chi connectivity index (χ1) is 9.96. The SMILES string of the molecule is CC(CO)N(C)S(=O)(=O)c1ccc(C2CCCCC2)cc1. The maximum atomic E-state index is 12.4. The molecule has 21 heavy (non-hydrogen) atoms. The molecule has 1 aromatic carbocycles. The molecule has 0 bridgehead atoms. The largest absolute Gasteiger partial charge is 0.395 e. The minimum absolute atomic E-state index is 0.185. The highest BCUT2D eigenvalue weighted by atomic mass is 32.2. The van der Waals surface area contributed by atoms with E-state index in [9.17, 15) is 8.42 Å². The van der Waals surface area contributed by atoms with Crippen LogP contribution in [-0.2, 0) is 10.0 Å². The van der Waals surface area contributed by atoms with E-state index in [4.69, 9.17) is 5.11 Å². The highest BCUT2D eigenvalue weighted by Gasteiger charge is 2.25. The van der Waals surface area contributed by atoms with Gasteiger partial charge in [-0.1, -0.05) is 31.4 Å². The van der Waals surface area contributed by atoms with Crippen molar-refractivity contribution in [2.75, 3.05) is 13.7 Å². The van der Waals surface area contributed by atoms with E-state index in [1.807, 2.05) is 12.1 Å². The molecule has 0 saturated heterocycles. The number of nitrogens with zero attached hydrogens (tertiary/aromatic N) is 1. The van der Waals surface area contributed by atoms with Gasteiger partial charge in [-0.2, -0.15) is 4.31 Å². The van der Waals surface area contributed by atoms with Crippen LogP contribution in [0.3, 0.4) is 0 Å². The average molecular weight is 311 g/mol. The number of hydrogen-bond donors (Lipinski definition) is 1. The summed E-state index contributed by atoms with van der Waals surface area (Å²) in [6.45, 7) is 1.50. The van der Waals surface area contributed by atoms with Gasteiger partial charge in [0.15, 0.2) is 0 Å². The summed E-state index contributed by atoms with van der Waals surface area (Å²) in [6, 6.07) is 6.86. The van der Waals surface area contributed by atoms with Crippen LogP contribution in [0, 0.1) is 0 Å². The molecule has 5 heteroatoms. The van der Waals surface area contributed by atoms with Gasteiger partial charge in [0.2, 0.25) is 10.0 Å². The average Bonchev–Trinajstić information content (AvgIpc) is 2.54. The molecule has 0 aliphatic heterocycles. The number of rotatable bonds is 5. The number of hydrogen-bond acceptors (Lipinski definition) is 3. The van der Waals surface area contributed by atoms with Crippen LogP contribution >= 0.6 is 0 Å². The van der Waals surface area contributed by atoms with E-state index >= 15 is 0 Å². The van der Waals surface area contributed by atoms with Crippen molar-refractivity contribution >= 4 is 10.0 Å². The Morgan fingerprint density at radius 2 is 1.76 bits per heavy atom. The van der Waals surface area contributed by atoms with E-state index in [0.717, 1.165) is 0 Å². The van der Waals surface area contributed by atoms with Crippen molar-refractivity contribution in [2.45, 2.75) is 55.9 Å². The Kier molecular flexibility index (Phi) is 5.41. The second kappa shape index (κ2) is 6.90. The van der Waals surface area contributed by atoms with Crippen LogP contribution in [-0.4, -0.2) is 37.5 Å². The Hall–Kier alpha value is -0.910. The summed E-state index contributed by atoms with van der Waals surface area (Å²) in [6.07, 6.45) is 6.25. The van der Waals surface area contributed by atoms with Gasteiger partial charge in [0.1, 0.15) is 0 Å². The summed E-state index contributed by atoms with van der Waals surface area (Å²) in [5, 5.41) is 9.12. The minimum atomic E-state index is -3.52. The zero-order valence-corrected chi connectivity index (χ0v) is 13.6. The van der Waals surface area contributed by atoms with Crippen molar-refractivity contribution in [3.63, 3.8) is 0 Å². The van der Waals surface area contributed by atoms with Gasteiger partial charge in [0.05, 0.1) is 11.5 Å². The Morgan fingerprint density at radius 3 is 2.29 bits per heavy atom. The highest BCUT2D eigenvalue weighted by Crippen LogP contribution is 2.33. The standard InChI is InChI=1S/C16H25NO3S/c1-13(12-18)17(2)21(19,20)16-10-8-15(9-11-16)14-6-4-3-5-7-14/h8-11,13-14,18H,3-7,12H2,1-2H3.